The molecule has 1 aliphatic rings. The van der Waals surface area contributed by atoms with Gasteiger partial charge >= 0.3 is 0 Å². The lowest BCUT2D eigenvalue weighted by molar-refractivity contribution is 0.0556. The number of halogens is 1. The molecular formula is C26H33ClN4O2. The lowest BCUT2D eigenvalue weighted by atomic mass is 9.84. The Kier molecular flexibility index (Phi) is 7.56. The van der Waals surface area contributed by atoms with Crippen molar-refractivity contribution >= 4 is 17.5 Å². The maximum absolute atomic E-state index is 13.1. The molecule has 0 saturated carbocycles. The lowest BCUT2D eigenvalue weighted by Gasteiger charge is -2.40. The fourth-order valence-corrected chi connectivity index (χ4v) is 5.06. The fraction of sp³-hybridized carbons (Fsp3) is 0.462. The van der Waals surface area contributed by atoms with E-state index in [1.54, 1.807) is 18.4 Å². The first-order valence-corrected chi connectivity index (χ1v) is 12.1. The zero-order valence-electron chi connectivity index (χ0n) is 19.7. The van der Waals surface area contributed by atoms with Crippen molar-refractivity contribution in [1.29, 1.82) is 0 Å². The molecule has 2 aromatic heterocycles. The molecule has 1 atom stereocenters. The van der Waals surface area contributed by atoms with E-state index in [-0.39, 0.29) is 11.9 Å². The average molecular weight is 469 g/mol. The van der Waals surface area contributed by atoms with Gasteiger partial charge in [-0.05, 0) is 75.9 Å². The number of piperidine rings is 1. The molecular weight excluding hydrogens is 436 g/mol. The molecule has 1 saturated heterocycles. The van der Waals surface area contributed by atoms with E-state index in [0.717, 1.165) is 61.7 Å². The summed E-state index contributed by atoms with van der Waals surface area (Å²) in [6.07, 6.45) is 6.51. The molecule has 1 amide bonds. The van der Waals surface area contributed by atoms with Crippen molar-refractivity contribution in [2.24, 2.45) is 5.92 Å². The second-order valence-electron chi connectivity index (χ2n) is 8.97. The molecule has 4 rings (SSSR count). The maximum Gasteiger partial charge on any atom is 0.289 e. The first-order valence-electron chi connectivity index (χ1n) is 11.8. The summed E-state index contributed by atoms with van der Waals surface area (Å²) < 4.78 is 7.41. The van der Waals surface area contributed by atoms with E-state index in [2.05, 4.69) is 36.1 Å². The van der Waals surface area contributed by atoms with Gasteiger partial charge in [-0.15, -0.1) is 0 Å². The van der Waals surface area contributed by atoms with Crippen LogP contribution in [-0.4, -0.2) is 51.7 Å². The predicted octanol–water partition coefficient (Wildman–Crippen LogP) is 5.05. The van der Waals surface area contributed by atoms with Gasteiger partial charge in [0.25, 0.3) is 5.91 Å². The van der Waals surface area contributed by atoms with E-state index in [4.69, 9.17) is 16.0 Å². The van der Waals surface area contributed by atoms with Crippen molar-refractivity contribution in [3.8, 4) is 0 Å². The van der Waals surface area contributed by atoms with Crippen molar-refractivity contribution in [3.63, 3.8) is 0 Å². The van der Waals surface area contributed by atoms with Crippen LogP contribution in [0.4, 0.5) is 0 Å². The van der Waals surface area contributed by atoms with Crippen LogP contribution >= 0.6 is 11.6 Å². The number of hydrogen-bond acceptors (Lipinski definition) is 4. The number of likely N-dealkylation sites (N-methyl/N-ethyl adjacent to an activating group) is 1. The van der Waals surface area contributed by atoms with Gasteiger partial charge in [0.15, 0.2) is 5.76 Å². The summed E-state index contributed by atoms with van der Waals surface area (Å²) >= 11 is 6.50. The van der Waals surface area contributed by atoms with Gasteiger partial charge in [-0.1, -0.05) is 29.8 Å². The largest absolute Gasteiger partial charge is 0.459 e. The van der Waals surface area contributed by atoms with Gasteiger partial charge in [0.05, 0.1) is 12.0 Å². The van der Waals surface area contributed by atoms with Crippen molar-refractivity contribution in [2.75, 3.05) is 20.1 Å². The third-order valence-corrected chi connectivity index (χ3v) is 7.25. The Labute approximate surface area is 201 Å². The number of amides is 1. The third-order valence-electron chi connectivity index (χ3n) is 6.88. The molecule has 1 aromatic carbocycles. The van der Waals surface area contributed by atoms with E-state index in [0.29, 0.717) is 11.7 Å². The predicted molar refractivity (Wildman–Crippen MR) is 130 cm³/mol. The Morgan fingerprint density at radius 1 is 1.21 bits per heavy atom. The summed E-state index contributed by atoms with van der Waals surface area (Å²) in [7, 11) is 1.89. The molecule has 0 unspecified atom stereocenters. The van der Waals surface area contributed by atoms with Crippen molar-refractivity contribution < 1.29 is 9.21 Å². The van der Waals surface area contributed by atoms with Crippen LogP contribution < -0.4 is 0 Å². The fourth-order valence-electron chi connectivity index (χ4n) is 4.85. The number of furan rings is 1. The first kappa shape index (κ1) is 23.6. The van der Waals surface area contributed by atoms with Crippen LogP contribution in [0.5, 0.6) is 0 Å². The molecule has 6 nitrogen and oxygen atoms in total. The quantitative estimate of drug-likeness (QED) is 0.464. The van der Waals surface area contributed by atoms with Crippen molar-refractivity contribution in [1.82, 2.24) is 19.6 Å². The molecule has 3 aromatic rings. The minimum absolute atomic E-state index is 0.0502. The molecule has 0 spiro atoms. The van der Waals surface area contributed by atoms with Crippen molar-refractivity contribution in [2.45, 2.75) is 52.2 Å². The second kappa shape index (κ2) is 10.6. The van der Waals surface area contributed by atoms with Gasteiger partial charge in [-0.25, -0.2) is 0 Å². The molecule has 1 fully saturated rings. The Hall–Kier alpha value is -2.57. The van der Waals surface area contributed by atoms with Gasteiger partial charge < -0.3 is 9.32 Å². The van der Waals surface area contributed by atoms with Crippen LogP contribution in [0, 0.1) is 12.8 Å². The molecule has 176 valence electrons. The van der Waals surface area contributed by atoms with E-state index < -0.39 is 0 Å². The minimum atomic E-state index is -0.0814. The molecule has 33 heavy (non-hydrogen) atoms. The number of rotatable bonds is 8. The number of carbonyl (C=O) groups is 1. The van der Waals surface area contributed by atoms with Crippen LogP contribution in [0.15, 0.2) is 53.3 Å². The highest BCUT2D eigenvalue weighted by atomic mass is 35.5. The van der Waals surface area contributed by atoms with Gasteiger partial charge in [0, 0.05) is 43.0 Å². The Morgan fingerprint density at radius 2 is 1.97 bits per heavy atom. The van der Waals surface area contributed by atoms with Crippen LogP contribution in [-0.2, 0) is 19.5 Å². The summed E-state index contributed by atoms with van der Waals surface area (Å²) in [4.78, 5) is 17.5. The standard InChI is InChI=1S/C26H33ClN4O2/c1-4-31-18-22(19(2)28-31)17-30-13-11-20(12-14-30)24(16-21-8-5-6-9-23(21)27)29(3)26(32)25-10-7-15-33-25/h5-10,15,18,20,24H,4,11-14,16-17H2,1-3H3/t24-/m1/s1. The normalized spacial score (nSPS) is 16.1. The maximum atomic E-state index is 13.1. The summed E-state index contributed by atoms with van der Waals surface area (Å²) in [6.45, 7) is 8.02. The molecule has 0 radical (unpaired) electrons. The van der Waals surface area contributed by atoms with Crippen molar-refractivity contribution in [3.05, 3.63) is 76.5 Å². The van der Waals surface area contributed by atoms with E-state index >= 15 is 0 Å². The van der Waals surface area contributed by atoms with E-state index in [1.807, 2.05) is 34.8 Å². The number of aryl methyl sites for hydroxylation is 2. The third kappa shape index (κ3) is 5.50. The van der Waals surface area contributed by atoms with Gasteiger partial charge in [0.2, 0.25) is 0 Å². The minimum Gasteiger partial charge on any atom is -0.459 e. The van der Waals surface area contributed by atoms with Crippen LogP contribution in [0.2, 0.25) is 5.02 Å². The lowest BCUT2D eigenvalue weighted by Crippen LogP contribution is -2.47. The highest BCUT2D eigenvalue weighted by Crippen LogP contribution is 2.30. The topological polar surface area (TPSA) is 54.5 Å². The summed E-state index contributed by atoms with van der Waals surface area (Å²) in [5.41, 5.74) is 3.49. The SMILES string of the molecule is CCn1cc(CN2CCC([C@@H](Cc3ccccc3Cl)N(C)C(=O)c3ccco3)CC2)c(C)n1. The van der Waals surface area contributed by atoms with E-state index in [9.17, 15) is 4.79 Å². The summed E-state index contributed by atoms with van der Waals surface area (Å²) in [5.74, 6) is 0.686. The summed E-state index contributed by atoms with van der Waals surface area (Å²) in [5, 5.41) is 5.34. The Morgan fingerprint density at radius 3 is 2.61 bits per heavy atom. The zero-order valence-corrected chi connectivity index (χ0v) is 20.5. The molecule has 7 heteroatoms. The molecule has 1 aliphatic heterocycles. The molecule has 0 aliphatic carbocycles. The van der Waals surface area contributed by atoms with Crippen LogP contribution in [0.25, 0.3) is 0 Å². The number of aromatic nitrogens is 2. The van der Waals surface area contributed by atoms with E-state index in [1.165, 1.54) is 5.56 Å². The van der Waals surface area contributed by atoms with Gasteiger partial charge in [-0.3, -0.25) is 14.4 Å². The first-order chi connectivity index (χ1) is 16.0. The summed E-state index contributed by atoms with van der Waals surface area (Å²) in [6, 6.07) is 11.5. The number of likely N-dealkylation sites (tertiary alicyclic amines) is 1. The average Bonchev–Trinajstić information content (AvgIpc) is 3.48. The smallest absolute Gasteiger partial charge is 0.289 e. The number of benzene rings is 1. The second-order valence-corrected chi connectivity index (χ2v) is 9.37. The van der Waals surface area contributed by atoms with Gasteiger partial charge in [-0.2, -0.15) is 5.10 Å². The van der Waals surface area contributed by atoms with Crippen LogP contribution in [0.3, 0.4) is 0 Å². The number of carbonyl (C=O) groups excluding carboxylic acids is 1. The van der Waals surface area contributed by atoms with Gasteiger partial charge in [0.1, 0.15) is 0 Å². The number of nitrogens with zero attached hydrogens (tertiary/aromatic N) is 4. The molecule has 0 bridgehead atoms. The molecule has 3 heterocycles. The Balaban J connectivity index is 1.47. The monoisotopic (exact) mass is 468 g/mol. The molecule has 0 N–H and O–H groups in total. The highest BCUT2D eigenvalue weighted by molar-refractivity contribution is 6.31. The zero-order chi connectivity index (χ0) is 23.4. The highest BCUT2D eigenvalue weighted by Gasteiger charge is 2.33. The Bertz CT molecular complexity index is 1050. The van der Waals surface area contributed by atoms with Crippen LogP contribution in [0.1, 0.15) is 47.1 Å². The number of hydrogen-bond donors (Lipinski definition) is 0.